The SMILES string of the molecule is CCOP(=O)(OCC)c1c(O)c2ccccc2n(CC2CC2)c1=O. The minimum absolute atomic E-state index is 0.117. The Labute approximate surface area is 140 Å². The van der Waals surface area contributed by atoms with Crippen LogP contribution in [-0.2, 0) is 20.2 Å². The third kappa shape index (κ3) is 3.02. The van der Waals surface area contributed by atoms with Crippen LogP contribution in [0.1, 0.15) is 26.7 Å². The first-order valence-corrected chi connectivity index (χ1v) is 9.80. The van der Waals surface area contributed by atoms with Gasteiger partial charge >= 0.3 is 7.60 Å². The standard InChI is InChI=1S/C17H22NO5P/c1-3-22-24(21,23-4-2)16-15(19)13-7-5-6-8-14(13)18(17(16)20)11-12-9-10-12/h5-8,12,19H,3-4,9-11H2,1-2H3. The topological polar surface area (TPSA) is 77.8 Å². The van der Waals surface area contributed by atoms with Gasteiger partial charge < -0.3 is 18.7 Å². The molecule has 1 aromatic heterocycles. The zero-order valence-electron chi connectivity index (χ0n) is 13.9. The molecule has 1 N–H and O–H groups in total. The van der Waals surface area contributed by atoms with Crippen LogP contribution >= 0.6 is 7.60 Å². The Hall–Kier alpha value is -1.62. The van der Waals surface area contributed by atoms with E-state index in [4.69, 9.17) is 9.05 Å². The van der Waals surface area contributed by atoms with Gasteiger partial charge in [-0.15, -0.1) is 0 Å². The van der Waals surface area contributed by atoms with Crippen molar-refractivity contribution in [3.63, 3.8) is 0 Å². The van der Waals surface area contributed by atoms with E-state index in [1.54, 1.807) is 36.6 Å². The lowest BCUT2D eigenvalue weighted by molar-refractivity contribution is 0.229. The quantitative estimate of drug-likeness (QED) is 0.776. The summed E-state index contributed by atoms with van der Waals surface area (Å²) in [5.41, 5.74) is 0.138. The van der Waals surface area contributed by atoms with Crippen LogP contribution in [0.4, 0.5) is 0 Å². The average molecular weight is 351 g/mol. The maximum atomic E-state index is 13.1. The lowest BCUT2D eigenvalue weighted by atomic mass is 10.2. The minimum atomic E-state index is -3.88. The first kappa shape index (κ1) is 17.2. The van der Waals surface area contributed by atoms with Gasteiger partial charge in [-0.3, -0.25) is 9.36 Å². The van der Waals surface area contributed by atoms with Crippen LogP contribution in [-0.4, -0.2) is 22.9 Å². The van der Waals surface area contributed by atoms with E-state index in [9.17, 15) is 14.5 Å². The molecule has 0 radical (unpaired) electrons. The molecule has 6 nitrogen and oxygen atoms in total. The Bertz CT molecular complexity index is 846. The molecule has 0 unspecified atom stereocenters. The third-order valence-corrected chi connectivity index (χ3v) is 6.28. The summed E-state index contributed by atoms with van der Waals surface area (Å²) in [7, 11) is -3.88. The number of benzene rings is 1. The molecule has 130 valence electrons. The van der Waals surface area contributed by atoms with Crippen LogP contribution in [0.25, 0.3) is 10.9 Å². The zero-order valence-corrected chi connectivity index (χ0v) is 14.8. The van der Waals surface area contributed by atoms with Crippen molar-refractivity contribution in [2.24, 2.45) is 5.92 Å². The van der Waals surface area contributed by atoms with Crippen molar-refractivity contribution in [3.05, 3.63) is 34.6 Å². The van der Waals surface area contributed by atoms with Crippen LogP contribution < -0.4 is 10.9 Å². The Kier molecular flexibility index (Phi) is 4.81. The number of pyridine rings is 1. The molecular weight excluding hydrogens is 329 g/mol. The van der Waals surface area contributed by atoms with E-state index in [2.05, 4.69) is 0 Å². The Balaban J connectivity index is 2.30. The van der Waals surface area contributed by atoms with E-state index >= 15 is 0 Å². The third-order valence-electron chi connectivity index (χ3n) is 4.13. The summed E-state index contributed by atoms with van der Waals surface area (Å²) in [5.74, 6) is 0.134. The van der Waals surface area contributed by atoms with Gasteiger partial charge in [-0.2, -0.15) is 0 Å². The highest BCUT2D eigenvalue weighted by atomic mass is 31.2. The fraction of sp³-hybridized carbons (Fsp3) is 0.471. The predicted molar refractivity (Wildman–Crippen MR) is 93.1 cm³/mol. The molecule has 1 aliphatic carbocycles. The summed E-state index contributed by atoms with van der Waals surface area (Å²) >= 11 is 0. The van der Waals surface area contributed by atoms with E-state index in [0.717, 1.165) is 12.8 Å². The predicted octanol–water partition coefficient (Wildman–Crippen LogP) is 3.01. The molecule has 0 aliphatic heterocycles. The Morgan fingerprint density at radius 1 is 1.21 bits per heavy atom. The zero-order chi connectivity index (χ0) is 17.3. The molecular formula is C17H22NO5P. The van der Waals surface area contributed by atoms with Gasteiger partial charge in [-0.1, -0.05) is 12.1 Å². The van der Waals surface area contributed by atoms with Crippen molar-refractivity contribution in [2.75, 3.05) is 13.2 Å². The number of para-hydroxylation sites is 1. The Morgan fingerprint density at radius 3 is 2.42 bits per heavy atom. The maximum Gasteiger partial charge on any atom is 0.370 e. The highest BCUT2D eigenvalue weighted by Gasteiger charge is 2.36. The molecule has 2 aromatic rings. The molecule has 1 aromatic carbocycles. The molecule has 1 saturated carbocycles. The highest BCUT2D eigenvalue weighted by Crippen LogP contribution is 2.49. The van der Waals surface area contributed by atoms with Crippen molar-refractivity contribution in [1.29, 1.82) is 0 Å². The molecule has 7 heteroatoms. The van der Waals surface area contributed by atoms with Gasteiger partial charge in [0.1, 0.15) is 5.75 Å². The van der Waals surface area contributed by atoms with Crippen LogP contribution in [0.2, 0.25) is 0 Å². The number of aromatic nitrogens is 1. The largest absolute Gasteiger partial charge is 0.506 e. The molecule has 3 rings (SSSR count). The van der Waals surface area contributed by atoms with Crippen molar-refractivity contribution in [2.45, 2.75) is 33.2 Å². The van der Waals surface area contributed by atoms with Gasteiger partial charge in [-0.25, -0.2) is 0 Å². The van der Waals surface area contributed by atoms with Gasteiger partial charge in [0.2, 0.25) is 0 Å². The number of rotatable bonds is 7. The molecule has 24 heavy (non-hydrogen) atoms. The minimum Gasteiger partial charge on any atom is -0.506 e. The van der Waals surface area contributed by atoms with Gasteiger partial charge in [0.15, 0.2) is 5.30 Å². The molecule has 0 saturated heterocycles. The number of hydrogen-bond acceptors (Lipinski definition) is 5. The smallest absolute Gasteiger partial charge is 0.370 e. The van der Waals surface area contributed by atoms with E-state index in [1.165, 1.54) is 0 Å². The van der Waals surface area contributed by atoms with Gasteiger partial charge in [-0.05, 0) is 44.7 Å². The fourth-order valence-electron chi connectivity index (χ4n) is 2.87. The van der Waals surface area contributed by atoms with Crippen molar-refractivity contribution in [3.8, 4) is 5.75 Å². The van der Waals surface area contributed by atoms with E-state index < -0.39 is 13.2 Å². The number of fused-ring (bicyclic) bond motifs is 1. The van der Waals surface area contributed by atoms with Crippen molar-refractivity contribution >= 4 is 23.8 Å². The van der Waals surface area contributed by atoms with Crippen LogP contribution in [0.5, 0.6) is 5.75 Å². The number of nitrogens with zero attached hydrogens (tertiary/aromatic N) is 1. The molecule has 0 atom stereocenters. The second kappa shape index (κ2) is 6.71. The summed E-state index contributed by atoms with van der Waals surface area (Å²) in [5, 5.41) is 10.9. The molecule has 0 amide bonds. The molecule has 1 fully saturated rings. The van der Waals surface area contributed by atoms with E-state index in [-0.39, 0.29) is 24.3 Å². The number of hydrogen-bond donors (Lipinski definition) is 1. The van der Waals surface area contributed by atoms with Gasteiger partial charge in [0, 0.05) is 11.9 Å². The molecule has 0 spiro atoms. The second-order valence-electron chi connectivity index (χ2n) is 5.91. The lowest BCUT2D eigenvalue weighted by Crippen LogP contribution is -2.36. The summed E-state index contributed by atoms with van der Waals surface area (Å²) in [6, 6.07) is 7.08. The second-order valence-corrected chi connectivity index (χ2v) is 7.87. The van der Waals surface area contributed by atoms with Crippen molar-refractivity contribution < 1.29 is 18.7 Å². The first-order valence-electron chi connectivity index (χ1n) is 8.26. The summed E-state index contributed by atoms with van der Waals surface area (Å²) < 4.78 is 25.3. The van der Waals surface area contributed by atoms with Gasteiger partial charge in [0.25, 0.3) is 5.56 Å². The van der Waals surface area contributed by atoms with Crippen molar-refractivity contribution in [1.82, 2.24) is 4.57 Å². The monoisotopic (exact) mass is 351 g/mol. The summed E-state index contributed by atoms with van der Waals surface area (Å²) in [6.07, 6.45) is 2.15. The maximum absolute atomic E-state index is 13.1. The lowest BCUT2D eigenvalue weighted by Gasteiger charge is -2.20. The van der Waals surface area contributed by atoms with Crippen LogP contribution in [0.15, 0.2) is 29.1 Å². The fourth-order valence-corrected chi connectivity index (χ4v) is 4.62. The molecule has 1 aliphatic rings. The summed E-state index contributed by atoms with van der Waals surface area (Å²) in [6.45, 7) is 4.13. The van der Waals surface area contributed by atoms with Crippen LogP contribution in [0, 0.1) is 5.92 Å². The first-order chi connectivity index (χ1) is 11.5. The normalized spacial score (nSPS) is 15.1. The van der Waals surface area contributed by atoms with Gasteiger partial charge in [0.05, 0.1) is 18.7 Å². The van der Waals surface area contributed by atoms with E-state index in [0.29, 0.717) is 23.4 Å². The van der Waals surface area contributed by atoms with Crippen LogP contribution in [0.3, 0.4) is 0 Å². The number of aromatic hydroxyl groups is 1. The highest BCUT2D eigenvalue weighted by molar-refractivity contribution is 7.62. The van der Waals surface area contributed by atoms with E-state index in [1.807, 2.05) is 6.07 Å². The average Bonchev–Trinajstić information content (AvgIpc) is 3.36. The Morgan fingerprint density at radius 2 is 1.83 bits per heavy atom. The molecule has 0 bridgehead atoms. The summed E-state index contributed by atoms with van der Waals surface area (Å²) in [4.78, 5) is 13.0. The molecule has 1 heterocycles.